The predicted molar refractivity (Wildman–Crippen MR) is 105 cm³/mol. The van der Waals surface area contributed by atoms with Crippen molar-refractivity contribution in [3.63, 3.8) is 0 Å². The Balaban J connectivity index is 1.74. The number of carbonyl (C=O) groups is 1. The third-order valence-corrected chi connectivity index (χ3v) is 4.68. The summed E-state index contributed by atoms with van der Waals surface area (Å²) in [5.41, 5.74) is 3.13. The molecule has 4 aromatic rings. The highest BCUT2D eigenvalue weighted by Gasteiger charge is 2.14. The minimum absolute atomic E-state index is 0.00224. The van der Waals surface area contributed by atoms with Crippen LogP contribution in [-0.4, -0.2) is 5.97 Å². The summed E-state index contributed by atoms with van der Waals surface area (Å²) in [5.74, 6) is -0.408. The molecule has 0 N–H and O–H groups in total. The van der Waals surface area contributed by atoms with E-state index in [2.05, 4.69) is 0 Å². The summed E-state index contributed by atoms with van der Waals surface area (Å²) in [6, 6.07) is 18.5. The van der Waals surface area contributed by atoms with E-state index in [1.165, 1.54) is 6.07 Å². The van der Waals surface area contributed by atoms with Gasteiger partial charge in [0, 0.05) is 17.0 Å². The lowest BCUT2D eigenvalue weighted by molar-refractivity contribution is 0.0473. The smallest absolute Gasteiger partial charge is 0.338 e. The van der Waals surface area contributed by atoms with Crippen molar-refractivity contribution in [1.82, 2.24) is 0 Å². The van der Waals surface area contributed by atoms with Crippen LogP contribution in [-0.2, 0) is 11.3 Å². The Labute approximate surface area is 156 Å². The molecule has 1 heterocycles. The van der Waals surface area contributed by atoms with E-state index < -0.39 is 11.6 Å². The molecule has 27 heavy (non-hydrogen) atoms. The van der Waals surface area contributed by atoms with Crippen LogP contribution in [0.4, 0.5) is 0 Å². The second-order valence-electron chi connectivity index (χ2n) is 6.65. The summed E-state index contributed by atoms with van der Waals surface area (Å²) in [5, 5.41) is 2.78. The highest BCUT2D eigenvalue weighted by molar-refractivity contribution is 6.07. The van der Waals surface area contributed by atoms with Crippen LogP contribution in [0.25, 0.3) is 21.7 Å². The molecule has 0 aliphatic heterocycles. The van der Waals surface area contributed by atoms with Crippen LogP contribution >= 0.6 is 0 Å². The number of benzene rings is 3. The molecule has 0 spiro atoms. The number of rotatable bonds is 3. The van der Waals surface area contributed by atoms with Crippen molar-refractivity contribution < 1.29 is 13.9 Å². The van der Waals surface area contributed by atoms with Gasteiger partial charge in [-0.15, -0.1) is 0 Å². The SMILES string of the molecule is Cc1ccc(C(=O)OCc2cc(=O)oc3ccc4ccccc4c23)c(C)c1. The summed E-state index contributed by atoms with van der Waals surface area (Å²) in [7, 11) is 0. The largest absolute Gasteiger partial charge is 0.457 e. The van der Waals surface area contributed by atoms with Gasteiger partial charge in [-0.1, -0.05) is 48.0 Å². The lowest BCUT2D eigenvalue weighted by Crippen LogP contribution is -2.09. The Bertz CT molecular complexity index is 1230. The molecule has 0 radical (unpaired) electrons. The fourth-order valence-corrected chi connectivity index (χ4v) is 3.40. The van der Waals surface area contributed by atoms with Gasteiger partial charge in [0.1, 0.15) is 12.2 Å². The summed E-state index contributed by atoms with van der Waals surface area (Å²) in [6.45, 7) is 3.86. The van der Waals surface area contributed by atoms with Crippen LogP contribution in [0.2, 0.25) is 0 Å². The lowest BCUT2D eigenvalue weighted by atomic mass is 10.0. The molecule has 0 unspecified atom stereocenters. The predicted octanol–water partition coefficient (Wildman–Crippen LogP) is 4.92. The maximum atomic E-state index is 12.5. The Morgan fingerprint density at radius 3 is 2.63 bits per heavy atom. The molecule has 4 heteroatoms. The zero-order chi connectivity index (χ0) is 19.0. The molecule has 4 rings (SSSR count). The van der Waals surface area contributed by atoms with Gasteiger partial charge in [-0.05, 0) is 42.3 Å². The molecule has 0 bridgehead atoms. The standard InChI is InChI=1S/C23H18O4/c1-14-7-9-18(15(2)11-14)23(25)26-13-17-12-21(24)27-20-10-8-16-5-3-4-6-19(16)22(17)20/h3-12H,13H2,1-2H3. The van der Waals surface area contributed by atoms with Crippen LogP contribution in [0.15, 0.2) is 69.9 Å². The lowest BCUT2D eigenvalue weighted by Gasteiger charge is -2.11. The molecule has 0 aliphatic carbocycles. The van der Waals surface area contributed by atoms with Gasteiger partial charge >= 0.3 is 11.6 Å². The van der Waals surface area contributed by atoms with Crippen molar-refractivity contribution in [2.24, 2.45) is 0 Å². The van der Waals surface area contributed by atoms with Gasteiger partial charge in [0.25, 0.3) is 0 Å². The van der Waals surface area contributed by atoms with Crippen molar-refractivity contribution in [1.29, 1.82) is 0 Å². The van der Waals surface area contributed by atoms with E-state index in [-0.39, 0.29) is 6.61 Å². The molecule has 134 valence electrons. The number of hydrogen-bond donors (Lipinski definition) is 0. The van der Waals surface area contributed by atoms with Gasteiger partial charge in [-0.2, -0.15) is 0 Å². The fraction of sp³-hybridized carbons (Fsp3) is 0.130. The molecule has 0 saturated heterocycles. The van der Waals surface area contributed by atoms with E-state index in [4.69, 9.17) is 9.15 Å². The molecule has 0 fully saturated rings. The van der Waals surface area contributed by atoms with E-state index in [1.807, 2.05) is 56.3 Å². The second kappa shape index (κ2) is 6.72. The van der Waals surface area contributed by atoms with Crippen molar-refractivity contribution in [3.05, 3.63) is 93.3 Å². The first-order valence-electron chi connectivity index (χ1n) is 8.72. The van der Waals surface area contributed by atoms with Crippen molar-refractivity contribution >= 4 is 27.7 Å². The summed E-state index contributed by atoms with van der Waals surface area (Å²) in [4.78, 5) is 24.5. The first kappa shape index (κ1) is 17.0. The molecule has 0 atom stereocenters. The molecule has 0 aliphatic rings. The van der Waals surface area contributed by atoms with Crippen molar-refractivity contribution in [2.45, 2.75) is 20.5 Å². The van der Waals surface area contributed by atoms with Gasteiger partial charge in [0.05, 0.1) is 5.56 Å². The van der Waals surface area contributed by atoms with Crippen LogP contribution in [0.5, 0.6) is 0 Å². The monoisotopic (exact) mass is 358 g/mol. The number of hydrogen-bond acceptors (Lipinski definition) is 4. The maximum Gasteiger partial charge on any atom is 0.338 e. The Hall–Kier alpha value is -3.40. The third kappa shape index (κ3) is 3.22. The summed E-state index contributed by atoms with van der Waals surface area (Å²) >= 11 is 0. The second-order valence-corrected chi connectivity index (χ2v) is 6.65. The molecule has 1 aromatic heterocycles. The number of ether oxygens (including phenoxy) is 1. The zero-order valence-electron chi connectivity index (χ0n) is 15.1. The minimum atomic E-state index is -0.463. The van der Waals surface area contributed by atoms with E-state index in [0.717, 1.165) is 27.3 Å². The van der Waals surface area contributed by atoms with Gasteiger partial charge in [-0.3, -0.25) is 0 Å². The Morgan fingerprint density at radius 1 is 1.00 bits per heavy atom. The quantitative estimate of drug-likeness (QED) is 0.296. The van der Waals surface area contributed by atoms with Gasteiger partial charge in [0.2, 0.25) is 0 Å². The topological polar surface area (TPSA) is 56.5 Å². The zero-order valence-corrected chi connectivity index (χ0v) is 15.1. The van der Waals surface area contributed by atoms with Crippen molar-refractivity contribution in [2.75, 3.05) is 0 Å². The maximum absolute atomic E-state index is 12.5. The van der Waals surface area contributed by atoms with Crippen molar-refractivity contribution in [3.8, 4) is 0 Å². The molecule has 0 saturated carbocycles. The van der Waals surface area contributed by atoms with Gasteiger partial charge < -0.3 is 9.15 Å². The summed E-state index contributed by atoms with van der Waals surface area (Å²) < 4.78 is 10.9. The number of fused-ring (bicyclic) bond motifs is 3. The molecule has 4 nitrogen and oxygen atoms in total. The fourth-order valence-electron chi connectivity index (χ4n) is 3.40. The van der Waals surface area contributed by atoms with Crippen LogP contribution in [0, 0.1) is 13.8 Å². The molecular weight excluding hydrogens is 340 g/mol. The number of esters is 1. The first-order valence-corrected chi connectivity index (χ1v) is 8.72. The van der Waals surface area contributed by atoms with Crippen LogP contribution < -0.4 is 5.63 Å². The van der Waals surface area contributed by atoms with Crippen LogP contribution in [0.1, 0.15) is 27.0 Å². The molecular formula is C23H18O4. The first-order chi connectivity index (χ1) is 13.0. The molecule has 0 amide bonds. The van der Waals surface area contributed by atoms with Gasteiger partial charge in [-0.25, -0.2) is 9.59 Å². The molecule has 3 aromatic carbocycles. The van der Waals surface area contributed by atoms with E-state index in [1.54, 1.807) is 12.1 Å². The Morgan fingerprint density at radius 2 is 1.81 bits per heavy atom. The normalized spacial score (nSPS) is 11.0. The minimum Gasteiger partial charge on any atom is -0.457 e. The number of aryl methyl sites for hydroxylation is 2. The van der Waals surface area contributed by atoms with Gasteiger partial charge in [0.15, 0.2) is 0 Å². The third-order valence-electron chi connectivity index (χ3n) is 4.68. The van der Waals surface area contributed by atoms with E-state index in [9.17, 15) is 9.59 Å². The van der Waals surface area contributed by atoms with E-state index >= 15 is 0 Å². The highest BCUT2D eigenvalue weighted by Crippen LogP contribution is 2.28. The van der Waals surface area contributed by atoms with E-state index in [0.29, 0.717) is 16.7 Å². The average molecular weight is 358 g/mol. The number of carbonyl (C=O) groups excluding carboxylic acids is 1. The average Bonchev–Trinajstić information content (AvgIpc) is 2.65. The Kier molecular flexibility index (Phi) is 4.24. The summed E-state index contributed by atoms with van der Waals surface area (Å²) in [6.07, 6.45) is 0. The van der Waals surface area contributed by atoms with Crippen LogP contribution in [0.3, 0.4) is 0 Å². The highest BCUT2D eigenvalue weighted by atomic mass is 16.5.